The summed E-state index contributed by atoms with van der Waals surface area (Å²) in [5.41, 5.74) is 7.31. The van der Waals surface area contributed by atoms with Crippen molar-refractivity contribution < 1.29 is 32.3 Å². The van der Waals surface area contributed by atoms with Crippen molar-refractivity contribution >= 4 is 40.1 Å². The molecule has 6 rings (SSSR count). The van der Waals surface area contributed by atoms with E-state index in [0.29, 0.717) is 27.1 Å². The molecule has 1 saturated heterocycles. The molecule has 0 spiro atoms. The lowest BCUT2D eigenvalue weighted by Crippen LogP contribution is -2.31. The van der Waals surface area contributed by atoms with Gasteiger partial charge < -0.3 is 20.8 Å². The van der Waals surface area contributed by atoms with Gasteiger partial charge in [0.25, 0.3) is 5.91 Å². The van der Waals surface area contributed by atoms with E-state index >= 15 is 0 Å². The first-order chi connectivity index (χ1) is 20.0. The van der Waals surface area contributed by atoms with Crippen LogP contribution in [0.25, 0.3) is 16.6 Å². The van der Waals surface area contributed by atoms with E-state index < -0.39 is 47.0 Å². The summed E-state index contributed by atoms with van der Waals surface area (Å²) in [4.78, 5) is 45.6. The second kappa shape index (κ2) is 9.76. The van der Waals surface area contributed by atoms with Gasteiger partial charge in [-0.1, -0.05) is 6.07 Å². The second-order valence-corrected chi connectivity index (χ2v) is 9.56. The zero-order chi connectivity index (χ0) is 29.9. The molecular weight excluding hydrogens is 555 g/mol. The van der Waals surface area contributed by atoms with Crippen LogP contribution >= 0.6 is 0 Å². The molecule has 1 aliphatic heterocycles. The number of carbonyl (C=O) groups is 3. The molecule has 42 heavy (non-hydrogen) atoms. The number of benzene rings is 2. The smallest absolute Gasteiger partial charge is 0.329 e. The number of aromatic amines is 1. The number of nitrogens with two attached hydrogens (primary N) is 1. The highest BCUT2D eigenvalue weighted by molar-refractivity contribution is 6.22. The fourth-order valence-corrected chi connectivity index (χ4v) is 4.62. The molecule has 11 nitrogen and oxygen atoms in total. The number of aromatic nitrogens is 4. The Morgan fingerprint density at radius 3 is 2.43 bits per heavy atom. The molecule has 1 fully saturated rings. The van der Waals surface area contributed by atoms with Crippen LogP contribution < -0.4 is 20.7 Å². The first-order valence-electron chi connectivity index (χ1n) is 12.5. The van der Waals surface area contributed by atoms with Crippen LogP contribution in [0.15, 0.2) is 54.9 Å². The number of rotatable bonds is 6. The molecule has 2 aromatic carbocycles. The van der Waals surface area contributed by atoms with E-state index in [9.17, 15) is 27.6 Å². The van der Waals surface area contributed by atoms with E-state index in [1.54, 1.807) is 6.92 Å². The van der Waals surface area contributed by atoms with E-state index in [1.165, 1.54) is 48.3 Å². The van der Waals surface area contributed by atoms with Crippen LogP contribution in [0.5, 0.6) is 11.6 Å². The summed E-state index contributed by atoms with van der Waals surface area (Å²) in [6, 6.07) is 6.99. The van der Waals surface area contributed by atoms with Gasteiger partial charge in [0.05, 0.1) is 35.0 Å². The average Bonchev–Trinajstić information content (AvgIpc) is 3.60. The molecule has 0 bridgehead atoms. The Balaban J connectivity index is 1.28. The van der Waals surface area contributed by atoms with Gasteiger partial charge in [-0.15, -0.1) is 0 Å². The quantitative estimate of drug-likeness (QED) is 0.199. The summed E-state index contributed by atoms with van der Waals surface area (Å²) in [5, 5.41) is 6.95. The highest BCUT2D eigenvalue weighted by atomic mass is 19.1. The Kier molecular flexibility index (Phi) is 6.17. The molecule has 0 saturated carbocycles. The first kappa shape index (κ1) is 26.6. The van der Waals surface area contributed by atoms with Gasteiger partial charge >= 0.3 is 6.03 Å². The Morgan fingerprint density at radius 1 is 1.02 bits per heavy atom. The Hall–Kier alpha value is -5.66. The Bertz CT molecular complexity index is 1930. The van der Waals surface area contributed by atoms with Gasteiger partial charge in [0.1, 0.15) is 17.7 Å². The van der Waals surface area contributed by atoms with E-state index in [2.05, 4.69) is 20.4 Å². The molecular formula is C28H20F3N7O4. The third-order valence-electron chi connectivity index (χ3n) is 6.77. The van der Waals surface area contributed by atoms with Gasteiger partial charge in [0.15, 0.2) is 11.6 Å². The molecule has 1 aliphatic rings. The number of anilines is 2. The van der Waals surface area contributed by atoms with Crippen LogP contribution in [0.1, 0.15) is 28.5 Å². The number of carbonyl (C=O) groups excluding carboxylic acids is 3. The van der Waals surface area contributed by atoms with E-state index in [-0.39, 0.29) is 28.6 Å². The molecule has 3 aromatic heterocycles. The third-order valence-corrected chi connectivity index (χ3v) is 6.77. The number of imide groups is 1. The number of ketones is 1. The molecule has 1 atom stereocenters. The standard InChI is InChI=1S/C28H20F3N7O4/c1-12-6-23(42-25-16(29)4-3-5-17(25)30)33-11-22(12)38-26(32)15(10-34-38)24(39)20-8-14-7-18(31)21(9-19(14)36-20)37-27(40)13(2)35-28(37)41/h3-11,13,36H,32H2,1-2H3,(H,35,41)/t13-/m0/s1. The number of urea groups is 1. The molecule has 4 heterocycles. The molecule has 4 N–H and O–H groups in total. The molecule has 212 valence electrons. The molecule has 0 aliphatic carbocycles. The largest absolute Gasteiger partial charge is 0.433 e. The number of fused-ring (bicyclic) bond motifs is 1. The SMILES string of the molecule is Cc1cc(Oc2c(F)cccc2F)ncc1-n1ncc(C(=O)c2cc3cc(F)c(N4C(=O)N[C@@H](C)C4=O)cc3[nH]2)c1N. The first-order valence-corrected chi connectivity index (χ1v) is 12.5. The number of nitrogens with one attached hydrogen (secondary N) is 2. The number of H-pyrrole nitrogens is 1. The van der Waals surface area contributed by atoms with Gasteiger partial charge in [0, 0.05) is 17.0 Å². The lowest BCUT2D eigenvalue weighted by molar-refractivity contribution is -0.118. The fraction of sp³-hybridized carbons (Fsp3) is 0.107. The van der Waals surface area contributed by atoms with Gasteiger partial charge in [0.2, 0.25) is 17.4 Å². The van der Waals surface area contributed by atoms with Crippen molar-refractivity contribution in [1.29, 1.82) is 0 Å². The van der Waals surface area contributed by atoms with Crippen molar-refractivity contribution in [1.82, 2.24) is 25.1 Å². The fourth-order valence-electron chi connectivity index (χ4n) is 4.62. The minimum Gasteiger partial charge on any atom is -0.433 e. The summed E-state index contributed by atoms with van der Waals surface area (Å²) in [6.07, 6.45) is 2.58. The van der Waals surface area contributed by atoms with Crippen molar-refractivity contribution in [3.8, 4) is 17.3 Å². The monoisotopic (exact) mass is 575 g/mol. The number of nitrogen functional groups attached to an aromatic ring is 1. The number of para-hydroxylation sites is 1. The van der Waals surface area contributed by atoms with Crippen LogP contribution in [0.2, 0.25) is 0 Å². The van der Waals surface area contributed by atoms with Gasteiger partial charge in [-0.25, -0.2) is 32.5 Å². The van der Waals surface area contributed by atoms with E-state index in [0.717, 1.165) is 18.2 Å². The normalized spacial score (nSPS) is 15.0. The predicted molar refractivity (Wildman–Crippen MR) is 144 cm³/mol. The number of hydrogen-bond donors (Lipinski definition) is 3. The maximum absolute atomic E-state index is 14.9. The van der Waals surface area contributed by atoms with Gasteiger partial charge in [-0.3, -0.25) is 9.59 Å². The zero-order valence-electron chi connectivity index (χ0n) is 21.9. The number of amides is 3. The van der Waals surface area contributed by atoms with Crippen LogP contribution in [0, 0.1) is 24.4 Å². The second-order valence-electron chi connectivity index (χ2n) is 9.56. The molecule has 5 aromatic rings. The number of aryl methyl sites for hydroxylation is 1. The molecule has 3 amide bonds. The van der Waals surface area contributed by atoms with Gasteiger partial charge in [-0.2, -0.15) is 5.10 Å². The number of nitrogens with zero attached hydrogens (tertiary/aromatic N) is 4. The number of pyridine rings is 1. The van der Waals surface area contributed by atoms with Crippen molar-refractivity contribution in [3.05, 3.63) is 89.1 Å². The summed E-state index contributed by atoms with van der Waals surface area (Å²) in [7, 11) is 0. The average molecular weight is 576 g/mol. The maximum atomic E-state index is 14.9. The third kappa shape index (κ3) is 4.29. The van der Waals surface area contributed by atoms with Crippen molar-refractivity contribution in [3.63, 3.8) is 0 Å². The number of hydrogen-bond acceptors (Lipinski definition) is 7. The Labute approximate surface area is 234 Å². The van der Waals surface area contributed by atoms with Crippen LogP contribution in [-0.2, 0) is 4.79 Å². The van der Waals surface area contributed by atoms with E-state index in [1.807, 2.05) is 0 Å². The topological polar surface area (TPSA) is 148 Å². The lowest BCUT2D eigenvalue weighted by Gasteiger charge is -2.13. The summed E-state index contributed by atoms with van der Waals surface area (Å²) in [6.45, 7) is 3.15. The molecule has 14 heteroatoms. The van der Waals surface area contributed by atoms with Gasteiger partial charge in [-0.05, 0) is 49.7 Å². The van der Waals surface area contributed by atoms with Crippen LogP contribution in [0.4, 0.5) is 29.5 Å². The highest BCUT2D eigenvalue weighted by Crippen LogP contribution is 2.31. The number of halogens is 3. The minimum atomic E-state index is -0.890. The maximum Gasteiger partial charge on any atom is 0.329 e. The van der Waals surface area contributed by atoms with Crippen molar-refractivity contribution in [2.24, 2.45) is 0 Å². The summed E-state index contributed by atoms with van der Waals surface area (Å²) >= 11 is 0. The highest BCUT2D eigenvalue weighted by Gasteiger charge is 2.38. The predicted octanol–water partition coefficient (Wildman–Crippen LogP) is 4.52. The number of ether oxygens (including phenoxy) is 1. The molecule has 0 radical (unpaired) electrons. The van der Waals surface area contributed by atoms with Crippen LogP contribution in [0.3, 0.4) is 0 Å². The summed E-state index contributed by atoms with van der Waals surface area (Å²) < 4.78 is 49.4. The van der Waals surface area contributed by atoms with Crippen LogP contribution in [-0.4, -0.2) is 43.5 Å². The van der Waals surface area contributed by atoms with E-state index in [4.69, 9.17) is 10.5 Å². The summed E-state index contributed by atoms with van der Waals surface area (Å²) in [5.74, 6) is -4.46. The van der Waals surface area contributed by atoms with Crippen molar-refractivity contribution in [2.45, 2.75) is 19.9 Å². The molecule has 0 unspecified atom stereocenters. The Morgan fingerprint density at radius 2 is 1.76 bits per heavy atom. The van der Waals surface area contributed by atoms with Crippen molar-refractivity contribution in [2.75, 3.05) is 10.6 Å². The lowest BCUT2D eigenvalue weighted by atomic mass is 10.1. The minimum absolute atomic E-state index is 0.0262. The zero-order valence-corrected chi connectivity index (χ0v) is 21.9.